The molecule has 1 aliphatic heterocycles. The molecular weight excluding hydrogens is 422 g/mol. The van der Waals surface area contributed by atoms with Crippen molar-refractivity contribution in [2.75, 3.05) is 27.8 Å². The zero-order valence-corrected chi connectivity index (χ0v) is 20.2. The molecule has 1 aromatic rings. The topological polar surface area (TPSA) is 85.3 Å². The predicted octanol–water partition coefficient (Wildman–Crippen LogP) is 3.37. The van der Waals surface area contributed by atoms with Crippen molar-refractivity contribution in [3.8, 4) is 11.5 Å². The molecule has 0 aromatic heterocycles. The monoisotopic (exact) mass is 455 g/mol. The number of piperidine rings is 1. The molecule has 7 heteroatoms. The smallest absolute Gasteiger partial charge is 0.331 e. The number of hydrogen-bond donors (Lipinski definition) is 1. The quantitative estimate of drug-likeness (QED) is 0.550. The van der Waals surface area contributed by atoms with E-state index in [4.69, 9.17) is 14.2 Å². The van der Waals surface area contributed by atoms with Crippen molar-refractivity contribution >= 4 is 17.8 Å². The van der Waals surface area contributed by atoms with Crippen LogP contribution in [-0.4, -0.2) is 61.2 Å². The van der Waals surface area contributed by atoms with Crippen LogP contribution in [0.5, 0.6) is 11.5 Å². The average Bonchev–Trinajstić information content (AvgIpc) is 2.73. The van der Waals surface area contributed by atoms with E-state index in [-0.39, 0.29) is 29.9 Å². The first-order valence-electron chi connectivity index (χ1n) is 11.3. The number of aromatic hydroxyl groups is 1. The number of allylic oxidation sites excluding steroid dienone is 1. The standard InChI is InChI=1S/C26H33NO6/c1-25(2,3)33-22(29)8-7-15-11-21(32-6)24(30)23-16(15)12-18-17-13-20(31-5)19(28)14-26(17,23)9-10-27(18)4/h7-8,11,13,17-18,30H,9-10,12,14H2,1-6H3/b8-7+/t17?,18-,26+/m0/s1. The van der Waals surface area contributed by atoms with Crippen LogP contribution in [-0.2, 0) is 30.9 Å². The lowest BCUT2D eigenvalue weighted by Gasteiger charge is -2.56. The third-order valence-corrected chi connectivity index (χ3v) is 7.17. The summed E-state index contributed by atoms with van der Waals surface area (Å²) < 4.78 is 16.3. The van der Waals surface area contributed by atoms with Crippen molar-refractivity contribution in [1.82, 2.24) is 4.90 Å². The first kappa shape index (κ1) is 23.4. The van der Waals surface area contributed by atoms with Gasteiger partial charge in [0.25, 0.3) is 0 Å². The van der Waals surface area contributed by atoms with Gasteiger partial charge in [-0.2, -0.15) is 0 Å². The Morgan fingerprint density at radius 2 is 2.00 bits per heavy atom. The summed E-state index contributed by atoms with van der Waals surface area (Å²) in [5.41, 5.74) is 1.37. The Hall–Kier alpha value is -2.80. The van der Waals surface area contributed by atoms with Crippen LogP contribution in [0.15, 0.2) is 24.0 Å². The SMILES string of the molecule is COC1=CC2[C@@H]3Cc4c(/C=C/C(=O)OC(C)(C)C)cc(OC)c(O)c4[C@]2(CCN3C)CC1=O. The normalized spacial score (nSPS) is 27.0. The van der Waals surface area contributed by atoms with Gasteiger partial charge >= 0.3 is 5.97 Å². The molecule has 4 rings (SSSR count). The number of hydrogen-bond acceptors (Lipinski definition) is 7. The van der Waals surface area contributed by atoms with Crippen LogP contribution < -0.4 is 4.74 Å². The number of ether oxygens (including phenoxy) is 3. The molecule has 0 radical (unpaired) electrons. The molecule has 0 spiro atoms. The summed E-state index contributed by atoms with van der Waals surface area (Å²) in [5.74, 6) is 0.337. The Bertz CT molecular complexity index is 1050. The highest BCUT2D eigenvalue weighted by Gasteiger charge is 2.57. The van der Waals surface area contributed by atoms with Crippen molar-refractivity contribution in [1.29, 1.82) is 0 Å². The highest BCUT2D eigenvalue weighted by molar-refractivity contribution is 5.96. The Morgan fingerprint density at radius 3 is 2.64 bits per heavy atom. The predicted molar refractivity (Wildman–Crippen MR) is 124 cm³/mol. The number of likely N-dealkylation sites (tertiary alicyclic amines) is 1. The molecule has 1 heterocycles. The van der Waals surface area contributed by atoms with E-state index in [1.807, 2.05) is 26.8 Å². The number of phenolic OH excluding ortho intramolecular Hbond substituents is 1. The van der Waals surface area contributed by atoms with E-state index >= 15 is 0 Å². The second-order valence-corrected chi connectivity index (χ2v) is 10.3. The molecule has 1 unspecified atom stereocenters. The molecular formula is C26H33NO6. The molecule has 2 bridgehead atoms. The van der Waals surface area contributed by atoms with E-state index in [0.29, 0.717) is 17.9 Å². The molecule has 1 aromatic carbocycles. The van der Waals surface area contributed by atoms with Gasteiger partial charge in [-0.15, -0.1) is 0 Å². The summed E-state index contributed by atoms with van der Waals surface area (Å²) in [6.45, 7) is 6.29. The minimum absolute atomic E-state index is 0.0251. The fourth-order valence-corrected chi connectivity index (χ4v) is 5.77. The van der Waals surface area contributed by atoms with E-state index < -0.39 is 17.0 Å². The lowest BCUT2D eigenvalue weighted by molar-refractivity contribution is -0.148. The largest absolute Gasteiger partial charge is 0.504 e. The summed E-state index contributed by atoms with van der Waals surface area (Å²) >= 11 is 0. The van der Waals surface area contributed by atoms with Crippen LogP contribution in [0.25, 0.3) is 6.08 Å². The third-order valence-electron chi connectivity index (χ3n) is 7.17. The number of carbonyl (C=O) groups excluding carboxylic acids is 2. The van der Waals surface area contributed by atoms with Gasteiger partial charge in [0.15, 0.2) is 23.0 Å². The Balaban J connectivity index is 1.89. The Labute approximate surface area is 195 Å². The van der Waals surface area contributed by atoms with E-state index in [1.54, 1.807) is 12.1 Å². The number of nitrogens with zero attached hydrogens (tertiary/aromatic N) is 1. The summed E-state index contributed by atoms with van der Waals surface area (Å²) in [6.07, 6.45) is 6.76. The second kappa shape index (κ2) is 8.20. The molecule has 178 valence electrons. The number of fused-ring (bicyclic) bond motifs is 1. The highest BCUT2D eigenvalue weighted by atomic mass is 16.6. The van der Waals surface area contributed by atoms with Gasteiger partial charge < -0.3 is 24.2 Å². The average molecular weight is 456 g/mol. The van der Waals surface area contributed by atoms with Crippen molar-refractivity contribution in [2.24, 2.45) is 5.92 Å². The Morgan fingerprint density at radius 1 is 1.27 bits per heavy atom. The van der Waals surface area contributed by atoms with Gasteiger partial charge in [-0.1, -0.05) is 0 Å². The maximum atomic E-state index is 13.0. The van der Waals surface area contributed by atoms with Crippen molar-refractivity contribution in [3.05, 3.63) is 40.7 Å². The van der Waals surface area contributed by atoms with Gasteiger partial charge in [-0.3, -0.25) is 4.79 Å². The van der Waals surface area contributed by atoms with Gasteiger partial charge in [0.2, 0.25) is 0 Å². The zero-order valence-electron chi connectivity index (χ0n) is 20.2. The van der Waals surface area contributed by atoms with Crippen LogP contribution in [0.4, 0.5) is 0 Å². The molecule has 1 N–H and O–H groups in total. The molecule has 2 aliphatic carbocycles. The minimum atomic E-state index is -0.590. The molecule has 1 fully saturated rings. The van der Waals surface area contributed by atoms with Gasteiger partial charge in [0.05, 0.1) is 14.2 Å². The number of Topliss-reactive ketones (excluding diaryl/α,β-unsaturated/α-hetero) is 1. The molecule has 33 heavy (non-hydrogen) atoms. The lowest BCUT2D eigenvalue weighted by Crippen LogP contribution is -2.60. The van der Waals surface area contributed by atoms with Crippen molar-refractivity contribution < 1.29 is 28.9 Å². The second-order valence-electron chi connectivity index (χ2n) is 10.3. The maximum Gasteiger partial charge on any atom is 0.331 e. The lowest BCUT2D eigenvalue weighted by atomic mass is 9.53. The van der Waals surface area contributed by atoms with Crippen molar-refractivity contribution in [3.63, 3.8) is 0 Å². The van der Waals surface area contributed by atoms with Crippen LogP contribution >= 0.6 is 0 Å². The van der Waals surface area contributed by atoms with E-state index in [2.05, 4.69) is 11.9 Å². The van der Waals surface area contributed by atoms with Gasteiger partial charge in [-0.05, 0) is 76.6 Å². The number of methoxy groups -OCH3 is 2. The minimum Gasteiger partial charge on any atom is -0.504 e. The number of esters is 1. The summed E-state index contributed by atoms with van der Waals surface area (Å²) in [6, 6.07) is 1.90. The first-order valence-corrected chi connectivity index (χ1v) is 11.3. The van der Waals surface area contributed by atoms with Crippen LogP contribution in [0.2, 0.25) is 0 Å². The summed E-state index contributed by atoms with van der Waals surface area (Å²) in [5, 5.41) is 11.3. The highest BCUT2D eigenvalue weighted by Crippen LogP contribution is 2.58. The fraction of sp³-hybridized carbons (Fsp3) is 0.538. The fourth-order valence-electron chi connectivity index (χ4n) is 5.77. The molecule has 3 atom stereocenters. The van der Waals surface area contributed by atoms with E-state index in [1.165, 1.54) is 20.3 Å². The van der Waals surface area contributed by atoms with Crippen LogP contribution in [0, 0.1) is 5.92 Å². The number of benzene rings is 1. The molecule has 0 saturated carbocycles. The molecule has 1 saturated heterocycles. The van der Waals surface area contributed by atoms with Gasteiger partial charge in [-0.25, -0.2) is 4.79 Å². The van der Waals surface area contributed by atoms with E-state index in [9.17, 15) is 14.7 Å². The van der Waals surface area contributed by atoms with Crippen LogP contribution in [0.1, 0.15) is 50.3 Å². The summed E-state index contributed by atoms with van der Waals surface area (Å²) in [4.78, 5) is 27.6. The van der Waals surface area contributed by atoms with Crippen molar-refractivity contribution in [2.45, 2.75) is 57.1 Å². The third kappa shape index (κ3) is 3.92. The van der Waals surface area contributed by atoms with Gasteiger partial charge in [0.1, 0.15) is 5.60 Å². The molecule has 0 amide bonds. The zero-order chi connectivity index (χ0) is 24.1. The number of ketones is 1. The molecule has 7 nitrogen and oxygen atoms in total. The van der Waals surface area contributed by atoms with E-state index in [0.717, 1.165) is 29.7 Å². The Kier molecular flexibility index (Phi) is 5.81. The van der Waals surface area contributed by atoms with Gasteiger partial charge in [0, 0.05) is 35.4 Å². The number of likely N-dealkylation sites (N-methyl/N-ethyl adjacent to an activating group) is 1. The number of phenols is 1. The maximum absolute atomic E-state index is 13.0. The first-order chi connectivity index (χ1) is 15.5. The molecule has 3 aliphatic rings. The number of carbonyl (C=O) groups is 2. The number of rotatable bonds is 4. The summed E-state index contributed by atoms with van der Waals surface area (Å²) in [7, 11) is 5.13. The van der Waals surface area contributed by atoms with Crippen LogP contribution in [0.3, 0.4) is 0 Å².